The van der Waals surface area contributed by atoms with Crippen molar-refractivity contribution in [1.82, 2.24) is 15.5 Å². The molecular weight excluding hydrogens is 166 g/mol. The van der Waals surface area contributed by atoms with E-state index in [1.54, 1.807) is 19.0 Å². The third kappa shape index (κ3) is 2.88. The van der Waals surface area contributed by atoms with Crippen molar-refractivity contribution in [1.29, 1.82) is 0 Å². The van der Waals surface area contributed by atoms with Crippen molar-refractivity contribution < 1.29 is 4.79 Å². The highest BCUT2D eigenvalue weighted by atomic mass is 16.2. The molecule has 4 nitrogen and oxygen atoms in total. The van der Waals surface area contributed by atoms with Gasteiger partial charge in [-0.3, -0.25) is 0 Å². The first-order chi connectivity index (χ1) is 6.03. The molecule has 1 aliphatic rings. The van der Waals surface area contributed by atoms with Gasteiger partial charge in [0.2, 0.25) is 0 Å². The largest absolute Gasteiger partial charge is 0.336 e. The standard InChI is InChI=1S/C9H19N3O/c1-9(5-4-6-11-9)7-10-8(13)12(2)3/h11H,4-7H2,1-3H3,(H,10,13). The molecule has 4 heteroatoms. The molecule has 0 aromatic carbocycles. The van der Waals surface area contributed by atoms with Crippen LogP contribution in [0.4, 0.5) is 4.79 Å². The highest BCUT2D eigenvalue weighted by molar-refractivity contribution is 5.73. The number of rotatable bonds is 2. The van der Waals surface area contributed by atoms with Crippen molar-refractivity contribution in [3.8, 4) is 0 Å². The van der Waals surface area contributed by atoms with E-state index in [9.17, 15) is 4.79 Å². The van der Waals surface area contributed by atoms with Crippen molar-refractivity contribution in [3.05, 3.63) is 0 Å². The molecule has 0 aromatic rings. The van der Waals surface area contributed by atoms with Crippen LogP contribution in [-0.4, -0.2) is 43.7 Å². The van der Waals surface area contributed by atoms with E-state index >= 15 is 0 Å². The molecular formula is C9H19N3O. The molecule has 0 aliphatic carbocycles. The Morgan fingerprint density at radius 3 is 2.77 bits per heavy atom. The second-order valence-electron chi connectivity index (χ2n) is 4.14. The van der Waals surface area contributed by atoms with Gasteiger partial charge in [0.05, 0.1) is 0 Å². The zero-order chi connectivity index (χ0) is 9.90. The Bertz CT molecular complexity index is 185. The number of nitrogens with one attached hydrogen (secondary N) is 2. The first kappa shape index (κ1) is 10.3. The van der Waals surface area contributed by atoms with Gasteiger partial charge in [-0.2, -0.15) is 0 Å². The highest BCUT2D eigenvalue weighted by Crippen LogP contribution is 2.16. The van der Waals surface area contributed by atoms with Gasteiger partial charge in [0.25, 0.3) is 0 Å². The molecule has 1 rings (SSSR count). The third-order valence-electron chi connectivity index (χ3n) is 2.49. The lowest BCUT2D eigenvalue weighted by Gasteiger charge is -2.25. The summed E-state index contributed by atoms with van der Waals surface area (Å²) in [6.45, 7) is 3.92. The van der Waals surface area contributed by atoms with Gasteiger partial charge in [-0.15, -0.1) is 0 Å². The summed E-state index contributed by atoms with van der Waals surface area (Å²) >= 11 is 0. The van der Waals surface area contributed by atoms with Gasteiger partial charge in [-0.25, -0.2) is 4.79 Å². The Balaban J connectivity index is 2.29. The molecule has 76 valence electrons. The van der Waals surface area contributed by atoms with E-state index in [4.69, 9.17) is 0 Å². The molecule has 1 saturated heterocycles. The minimum atomic E-state index is -0.0186. The normalized spacial score (nSPS) is 27.3. The highest BCUT2D eigenvalue weighted by Gasteiger charge is 2.28. The second kappa shape index (κ2) is 3.96. The monoisotopic (exact) mass is 185 g/mol. The molecule has 0 bridgehead atoms. The van der Waals surface area contributed by atoms with E-state index in [0.717, 1.165) is 13.0 Å². The number of urea groups is 1. The van der Waals surface area contributed by atoms with Crippen LogP contribution in [-0.2, 0) is 0 Å². The molecule has 0 spiro atoms. The van der Waals surface area contributed by atoms with Crippen LogP contribution in [0.5, 0.6) is 0 Å². The zero-order valence-corrected chi connectivity index (χ0v) is 8.68. The Kier molecular flexibility index (Phi) is 3.14. The van der Waals surface area contributed by atoms with Crippen LogP contribution in [0.2, 0.25) is 0 Å². The van der Waals surface area contributed by atoms with Crippen LogP contribution >= 0.6 is 0 Å². The number of hydrogen-bond donors (Lipinski definition) is 2. The van der Waals surface area contributed by atoms with Gasteiger partial charge in [0, 0.05) is 26.2 Å². The molecule has 0 aromatic heterocycles. The van der Waals surface area contributed by atoms with Crippen LogP contribution in [0, 0.1) is 0 Å². The van der Waals surface area contributed by atoms with Crippen LogP contribution in [0.1, 0.15) is 19.8 Å². The Morgan fingerprint density at radius 1 is 1.62 bits per heavy atom. The Morgan fingerprint density at radius 2 is 2.31 bits per heavy atom. The van der Waals surface area contributed by atoms with Gasteiger partial charge in [-0.05, 0) is 26.3 Å². The molecule has 2 amide bonds. The van der Waals surface area contributed by atoms with E-state index < -0.39 is 0 Å². The van der Waals surface area contributed by atoms with Gasteiger partial charge in [-0.1, -0.05) is 0 Å². The minimum absolute atomic E-state index is 0.0186. The molecule has 1 atom stereocenters. The molecule has 13 heavy (non-hydrogen) atoms. The van der Waals surface area contributed by atoms with Crippen LogP contribution in [0.15, 0.2) is 0 Å². The number of nitrogens with zero attached hydrogens (tertiary/aromatic N) is 1. The lowest BCUT2D eigenvalue weighted by Crippen LogP contribution is -2.49. The SMILES string of the molecule is CN(C)C(=O)NCC1(C)CCCN1. The average molecular weight is 185 g/mol. The van der Waals surface area contributed by atoms with Crippen molar-refractivity contribution >= 4 is 6.03 Å². The van der Waals surface area contributed by atoms with Crippen molar-refractivity contribution in [2.75, 3.05) is 27.2 Å². The first-order valence-corrected chi connectivity index (χ1v) is 4.74. The predicted octanol–water partition coefficient (Wildman–Crippen LogP) is 0.400. The van der Waals surface area contributed by atoms with E-state index in [2.05, 4.69) is 17.6 Å². The summed E-state index contributed by atoms with van der Waals surface area (Å²) in [6.07, 6.45) is 2.34. The van der Waals surface area contributed by atoms with Gasteiger partial charge < -0.3 is 15.5 Å². The smallest absolute Gasteiger partial charge is 0.316 e. The average Bonchev–Trinajstić information content (AvgIpc) is 2.48. The molecule has 1 heterocycles. The van der Waals surface area contributed by atoms with Crippen molar-refractivity contribution in [3.63, 3.8) is 0 Å². The topological polar surface area (TPSA) is 44.4 Å². The lowest BCUT2D eigenvalue weighted by molar-refractivity contribution is 0.213. The zero-order valence-electron chi connectivity index (χ0n) is 8.68. The third-order valence-corrected chi connectivity index (χ3v) is 2.49. The maximum Gasteiger partial charge on any atom is 0.316 e. The minimum Gasteiger partial charge on any atom is -0.336 e. The summed E-state index contributed by atoms with van der Waals surface area (Å²) in [5.74, 6) is 0. The Labute approximate surface area is 79.7 Å². The summed E-state index contributed by atoms with van der Waals surface area (Å²) in [6, 6.07) is -0.0186. The lowest BCUT2D eigenvalue weighted by atomic mass is 10.0. The Hall–Kier alpha value is -0.770. The summed E-state index contributed by atoms with van der Waals surface area (Å²) in [7, 11) is 3.50. The fraction of sp³-hybridized carbons (Fsp3) is 0.889. The van der Waals surface area contributed by atoms with Gasteiger partial charge in [0.15, 0.2) is 0 Å². The van der Waals surface area contributed by atoms with Crippen LogP contribution < -0.4 is 10.6 Å². The number of hydrogen-bond acceptors (Lipinski definition) is 2. The van der Waals surface area contributed by atoms with Crippen molar-refractivity contribution in [2.24, 2.45) is 0 Å². The van der Waals surface area contributed by atoms with Crippen LogP contribution in [0.3, 0.4) is 0 Å². The molecule has 1 unspecified atom stereocenters. The molecule has 0 saturated carbocycles. The quantitative estimate of drug-likeness (QED) is 0.654. The van der Waals surface area contributed by atoms with Crippen molar-refractivity contribution in [2.45, 2.75) is 25.3 Å². The molecule has 1 fully saturated rings. The van der Waals surface area contributed by atoms with E-state index in [-0.39, 0.29) is 11.6 Å². The van der Waals surface area contributed by atoms with E-state index in [1.165, 1.54) is 6.42 Å². The first-order valence-electron chi connectivity index (χ1n) is 4.74. The fourth-order valence-corrected chi connectivity index (χ4v) is 1.54. The summed E-state index contributed by atoms with van der Waals surface area (Å²) in [5, 5.41) is 6.28. The maximum atomic E-state index is 11.2. The molecule has 0 radical (unpaired) electrons. The summed E-state index contributed by atoms with van der Waals surface area (Å²) in [5.41, 5.74) is 0.103. The predicted molar refractivity (Wildman–Crippen MR) is 52.7 cm³/mol. The number of carbonyl (C=O) groups is 1. The number of amides is 2. The fourth-order valence-electron chi connectivity index (χ4n) is 1.54. The molecule has 1 aliphatic heterocycles. The summed E-state index contributed by atoms with van der Waals surface area (Å²) in [4.78, 5) is 12.8. The second-order valence-corrected chi connectivity index (χ2v) is 4.14. The van der Waals surface area contributed by atoms with Gasteiger partial charge >= 0.3 is 6.03 Å². The van der Waals surface area contributed by atoms with Gasteiger partial charge in [0.1, 0.15) is 0 Å². The van der Waals surface area contributed by atoms with E-state index in [1.807, 2.05) is 0 Å². The van der Waals surface area contributed by atoms with Crippen LogP contribution in [0.25, 0.3) is 0 Å². The summed E-state index contributed by atoms with van der Waals surface area (Å²) < 4.78 is 0. The van der Waals surface area contributed by atoms with E-state index in [0.29, 0.717) is 6.54 Å². The molecule has 2 N–H and O–H groups in total. The maximum absolute atomic E-state index is 11.2. The number of carbonyl (C=O) groups excluding carboxylic acids is 1.